The van der Waals surface area contributed by atoms with Crippen LogP contribution in [-0.4, -0.2) is 71.3 Å². The van der Waals surface area contributed by atoms with Crippen LogP contribution < -0.4 is 0 Å². The normalized spacial score (nSPS) is 21.5. The van der Waals surface area contributed by atoms with Gasteiger partial charge in [0.2, 0.25) is 0 Å². The van der Waals surface area contributed by atoms with Crippen molar-refractivity contribution in [3.05, 3.63) is 59.2 Å². The molecule has 168 valence electrons. The highest BCUT2D eigenvalue weighted by atomic mass is 16.2. The number of likely N-dealkylation sites (tertiary alicyclic amines) is 2. The van der Waals surface area contributed by atoms with Gasteiger partial charge in [0.05, 0.1) is 0 Å². The van der Waals surface area contributed by atoms with Gasteiger partial charge in [-0.3, -0.25) is 14.5 Å². The first kappa shape index (κ1) is 21.2. The molecule has 2 aromatic carbocycles. The van der Waals surface area contributed by atoms with Gasteiger partial charge in [0.1, 0.15) is 0 Å². The Balaban J connectivity index is 1.31. The molecule has 5 nitrogen and oxygen atoms in total. The minimum absolute atomic E-state index is 0.133. The van der Waals surface area contributed by atoms with Crippen LogP contribution in [0.5, 0.6) is 0 Å². The van der Waals surface area contributed by atoms with Gasteiger partial charge in [-0.25, -0.2) is 0 Å². The van der Waals surface area contributed by atoms with Crippen molar-refractivity contribution in [1.82, 2.24) is 14.7 Å². The zero-order chi connectivity index (χ0) is 22.2. The molecule has 3 aliphatic rings. The van der Waals surface area contributed by atoms with Crippen molar-refractivity contribution in [2.24, 2.45) is 0 Å². The molecule has 5 heteroatoms. The average molecular weight is 432 g/mol. The lowest BCUT2D eigenvalue weighted by Gasteiger charge is -2.34. The zero-order valence-electron chi connectivity index (χ0n) is 19.2. The highest BCUT2D eigenvalue weighted by molar-refractivity contribution is 5.98. The molecule has 1 atom stereocenters. The fraction of sp³-hybridized carbons (Fsp3) is 0.481. The number of hydrogen-bond donors (Lipinski definition) is 0. The van der Waals surface area contributed by atoms with Crippen molar-refractivity contribution in [3.63, 3.8) is 0 Å². The maximum atomic E-state index is 13.2. The van der Waals surface area contributed by atoms with Crippen LogP contribution in [0.4, 0.5) is 0 Å². The maximum absolute atomic E-state index is 13.2. The highest BCUT2D eigenvalue weighted by Gasteiger charge is 2.34. The van der Waals surface area contributed by atoms with Crippen molar-refractivity contribution in [3.8, 4) is 11.1 Å². The predicted octanol–water partition coefficient (Wildman–Crippen LogP) is 4.07. The SMILES string of the molecule is CC(C)N1CC[C@H](N2CCc3cc(-c4ccc(C(=O)N5CCCC5)cc4)ccc3C2=O)C1. The zero-order valence-corrected chi connectivity index (χ0v) is 19.2. The first-order chi connectivity index (χ1) is 15.5. The molecule has 0 N–H and O–H groups in total. The standard InChI is InChI=1S/C27H33N3O2/c1-19(2)29-15-12-24(18-29)30-16-11-23-17-22(9-10-25(23)27(30)32)20-5-7-21(8-6-20)26(31)28-13-3-4-14-28/h5-10,17,19,24H,3-4,11-16,18H2,1-2H3/t24-/m0/s1. The minimum Gasteiger partial charge on any atom is -0.339 e. The molecular formula is C27H33N3O2. The second kappa shape index (κ2) is 8.70. The molecule has 0 saturated carbocycles. The molecule has 0 aromatic heterocycles. The summed E-state index contributed by atoms with van der Waals surface area (Å²) < 4.78 is 0. The first-order valence-electron chi connectivity index (χ1n) is 12.1. The maximum Gasteiger partial charge on any atom is 0.254 e. The van der Waals surface area contributed by atoms with Crippen molar-refractivity contribution < 1.29 is 9.59 Å². The van der Waals surface area contributed by atoms with E-state index in [0.717, 1.165) is 86.2 Å². The second-order valence-electron chi connectivity index (χ2n) is 9.73. The molecule has 2 amide bonds. The number of benzene rings is 2. The number of amides is 2. The molecule has 2 aromatic rings. The Hall–Kier alpha value is -2.66. The quantitative estimate of drug-likeness (QED) is 0.733. The molecule has 0 spiro atoms. The van der Waals surface area contributed by atoms with Crippen molar-refractivity contribution in [2.75, 3.05) is 32.7 Å². The van der Waals surface area contributed by atoms with Gasteiger partial charge in [0.15, 0.2) is 0 Å². The smallest absolute Gasteiger partial charge is 0.254 e. The molecule has 2 fully saturated rings. The molecule has 0 unspecified atom stereocenters. The Bertz CT molecular complexity index is 1010. The van der Waals surface area contributed by atoms with Crippen molar-refractivity contribution in [2.45, 2.75) is 51.6 Å². The third-order valence-corrected chi connectivity index (χ3v) is 7.44. The Morgan fingerprint density at radius 3 is 2.34 bits per heavy atom. The van der Waals surface area contributed by atoms with E-state index in [4.69, 9.17) is 0 Å². The van der Waals surface area contributed by atoms with Gasteiger partial charge in [0.25, 0.3) is 11.8 Å². The van der Waals surface area contributed by atoms with Crippen LogP contribution in [-0.2, 0) is 6.42 Å². The van der Waals surface area contributed by atoms with Crippen LogP contribution in [0, 0.1) is 0 Å². The number of nitrogens with zero attached hydrogens (tertiary/aromatic N) is 3. The summed E-state index contributed by atoms with van der Waals surface area (Å²) in [5.41, 5.74) is 4.94. The average Bonchev–Trinajstić information content (AvgIpc) is 3.51. The Morgan fingerprint density at radius 1 is 0.938 bits per heavy atom. The van der Waals surface area contributed by atoms with E-state index in [1.54, 1.807) is 0 Å². The topological polar surface area (TPSA) is 43.9 Å². The fourth-order valence-corrected chi connectivity index (χ4v) is 5.43. The van der Waals surface area contributed by atoms with E-state index in [2.05, 4.69) is 29.7 Å². The monoisotopic (exact) mass is 431 g/mol. The molecule has 2 saturated heterocycles. The Labute approximate surface area is 191 Å². The van der Waals surface area contributed by atoms with E-state index in [1.807, 2.05) is 41.3 Å². The van der Waals surface area contributed by atoms with Crippen molar-refractivity contribution >= 4 is 11.8 Å². The van der Waals surface area contributed by atoms with Crippen LogP contribution >= 0.6 is 0 Å². The second-order valence-corrected chi connectivity index (χ2v) is 9.73. The van der Waals surface area contributed by atoms with Gasteiger partial charge >= 0.3 is 0 Å². The first-order valence-corrected chi connectivity index (χ1v) is 12.1. The number of rotatable bonds is 4. The van der Waals surface area contributed by atoms with Crippen LogP contribution in [0.3, 0.4) is 0 Å². The number of carbonyl (C=O) groups is 2. The Morgan fingerprint density at radius 2 is 1.66 bits per heavy atom. The van der Waals surface area contributed by atoms with Gasteiger partial charge in [-0.2, -0.15) is 0 Å². The molecular weight excluding hydrogens is 398 g/mol. The predicted molar refractivity (Wildman–Crippen MR) is 127 cm³/mol. The summed E-state index contributed by atoms with van der Waals surface area (Å²) in [6, 6.07) is 15.0. The lowest BCUT2D eigenvalue weighted by Crippen LogP contribution is -2.46. The number of fused-ring (bicyclic) bond motifs is 1. The summed E-state index contributed by atoms with van der Waals surface area (Å²) >= 11 is 0. The molecule has 0 aliphatic carbocycles. The lowest BCUT2D eigenvalue weighted by atomic mass is 9.93. The summed E-state index contributed by atoms with van der Waals surface area (Å²) in [7, 11) is 0. The summed E-state index contributed by atoms with van der Waals surface area (Å²) in [4.78, 5) is 32.3. The number of hydrogen-bond acceptors (Lipinski definition) is 3. The van der Waals surface area contributed by atoms with E-state index in [0.29, 0.717) is 12.1 Å². The number of carbonyl (C=O) groups excluding carboxylic acids is 2. The van der Waals surface area contributed by atoms with Crippen molar-refractivity contribution in [1.29, 1.82) is 0 Å². The van der Waals surface area contributed by atoms with Crippen LogP contribution in [0.1, 0.15) is 59.4 Å². The third kappa shape index (κ3) is 3.95. The summed E-state index contributed by atoms with van der Waals surface area (Å²) in [6.45, 7) is 9.06. The van der Waals surface area contributed by atoms with Gasteiger partial charge in [0, 0.05) is 55.9 Å². The van der Waals surface area contributed by atoms with Crippen LogP contribution in [0.15, 0.2) is 42.5 Å². The van der Waals surface area contributed by atoms with Gasteiger partial charge in [-0.05, 0) is 74.4 Å². The summed E-state index contributed by atoms with van der Waals surface area (Å²) in [5, 5.41) is 0. The molecule has 32 heavy (non-hydrogen) atoms. The largest absolute Gasteiger partial charge is 0.339 e. The molecule has 3 aliphatic heterocycles. The van der Waals surface area contributed by atoms with E-state index < -0.39 is 0 Å². The van der Waals surface area contributed by atoms with E-state index in [9.17, 15) is 9.59 Å². The third-order valence-electron chi connectivity index (χ3n) is 7.44. The lowest BCUT2D eigenvalue weighted by molar-refractivity contribution is 0.0660. The van der Waals surface area contributed by atoms with E-state index >= 15 is 0 Å². The van der Waals surface area contributed by atoms with Gasteiger partial charge in [-0.1, -0.05) is 24.3 Å². The Kier molecular flexibility index (Phi) is 5.76. The molecule has 0 bridgehead atoms. The highest BCUT2D eigenvalue weighted by Crippen LogP contribution is 2.29. The molecule has 5 rings (SSSR count). The van der Waals surface area contributed by atoms with Gasteiger partial charge in [-0.15, -0.1) is 0 Å². The molecule has 3 heterocycles. The van der Waals surface area contributed by atoms with Gasteiger partial charge < -0.3 is 9.80 Å². The van der Waals surface area contributed by atoms with E-state index in [-0.39, 0.29) is 11.8 Å². The van der Waals surface area contributed by atoms with Crippen LogP contribution in [0.2, 0.25) is 0 Å². The summed E-state index contributed by atoms with van der Waals surface area (Å²) in [6.07, 6.45) is 4.18. The minimum atomic E-state index is 0.133. The van der Waals surface area contributed by atoms with Crippen LogP contribution in [0.25, 0.3) is 11.1 Å². The van der Waals surface area contributed by atoms with E-state index in [1.165, 1.54) is 0 Å². The summed E-state index contributed by atoms with van der Waals surface area (Å²) in [5.74, 6) is 0.313. The molecule has 0 radical (unpaired) electrons. The fourth-order valence-electron chi connectivity index (χ4n) is 5.43.